The monoisotopic (exact) mass is 370 g/mol. The molecular weight excluding hydrogens is 328 g/mol. The van der Waals surface area contributed by atoms with Gasteiger partial charge in [0.05, 0.1) is 0 Å². The molecule has 154 valence electrons. The first-order valence-corrected chi connectivity index (χ1v) is 10.7. The van der Waals surface area contributed by atoms with Crippen LogP contribution in [-0.4, -0.2) is 35.6 Å². The third-order valence-corrected chi connectivity index (χ3v) is 4.60. The predicted molar refractivity (Wildman–Crippen MR) is 108 cm³/mol. The zero-order valence-corrected chi connectivity index (χ0v) is 17.3. The summed E-state index contributed by atoms with van der Waals surface area (Å²) >= 11 is 0. The molecule has 3 N–H and O–H groups in total. The molecule has 0 unspecified atom stereocenters. The van der Waals surface area contributed by atoms with Gasteiger partial charge in [0.2, 0.25) is 5.91 Å². The first-order valence-electron chi connectivity index (χ1n) is 10.7. The van der Waals surface area contributed by atoms with E-state index in [-0.39, 0.29) is 11.9 Å². The number of carbonyl (C=O) groups is 2. The second-order valence-corrected chi connectivity index (χ2v) is 7.64. The summed E-state index contributed by atoms with van der Waals surface area (Å²) < 4.78 is 0. The van der Waals surface area contributed by atoms with Crippen LogP contribution in [0.2, 0.25) is 0 Å². The highest BCUT2D eigenvalue weighted by Crippen LogP contribution is 2.11. The molecule has 0 spiro atoms. The summed E-state index contributed by atoms with van der Waals surface area (Å²) in [5.74, 6) is -0.826. The lowest BCUT2D eigenvalue weighted by atomic mass is 10.1. The summed E-state index contributed by atoms with van der Waals surface area (Å²) in [6.45, 7) is 6.49. The maximum Gasteiger partial charge on any atom is 0.320 e. The topological polar surface area (TPSA) is 78.4 Å². The second-order valence-electron chi connectivity index (χ2n) is 7.64. The molecule has 0 aromatic heterocycles. The lowest BCUT2D eigenvalue weighted by Gasteiger charge is -2.17. The molecule has 0 aliphatic heterocycles. The Morgan fingerprint density at radius 1 is 0.846 bits per heavy atom. The molecule has 5 nitrogen and oxygen atoms in total. The number of unbranched alkanes of at least 4 members (excludes halogenated alkanes) is 10. The van der Waals surface area contributed by atoms with Crippen molar-refractivity contribution in [3.63, 3.8) is 0 Å². The van der Waals surface area contributed by atoms with E-state index in [9.17, 15) is 9.59 Å². The predicted octanol–water partition coefficient (Wildman–Crippen LogP) is 4.65. The molecule has 1 amide bonds. The Morgan fingerprint density at radius 3 is 1.81 bits per heavy atom. The van der Waals surface area contributed by atoms with Gasteiger partial charge >= 0.3 is 5.97 Å². The minimum atomic E-state index is -0.863. The van der Waals surface area contributed by atoms with E-state index in [1.807, 2.05) is 13.8 Å². The van der Waals surface area contributed by atoms with Crippen molar-refractivity contribution in [2.24, 2.45) is 0 Å². The van der Waals surface area contributed by atoms with Gasteiger partial charge in [-0.05, 0) is 12.8 Å². The first kappa shape index (κ1) is 24.9. The molecule has 0 aromatic rings. The largest absolute Gasteiger partial charge is 0.480 e. The van der Waals surface area contributed by atoms with Crippen molar-refractivity contribution in [2.45, 2.75) is 116 Å². The quantitative estimate of drug-likeness (QED) is 0.307. The molecule has 1 atom stereocenters. The zero-order chi connectivity index (χ0) is 19.6. The van der Waals surface area contributed by atoms with Gasteiger partial charge < -0.3 is 15.7 Å². The van der Waals surface area contributed by atoms with E-state index in [2.05, 4.69) is 17.6 Å². The average Bonchev–Trinajstić information content (AvgIpc) is 2.58. The third kappa shape index (κ3) is 16.4. The number of rotatable bonds is 18. The zero-order valence-electron chi connectivity index (χ0n) is 17.3. The highest BCUT2D eigenvalue weighted by atomic mass is 16.4. The van der Waals surface area contributed by atoms with Crippen LogP contribution in [0.5, 0.6) is 0 Å². The Bertz CT molecular complexity index is 359. The van der Waals surface area contributed by atoms with E-state index in [1.54, 1.807) is 0 Å². The van der Waals surface area contributed by atoms with Crippen molar-refractivity contribution in [2.75, 3.05) is 6.54 Å². The van der Waals surface area contributed by atoms with Crippen LogP contribution in [-0.2, 0) is 9.59 Å². The summed E-state index contributed by atoms with van der Waals surface area (Å²) in [5, 5.41) is 15.0. The first-order chi connectivity index (χ1) is 12.5. The molecule has 0 radical (unpaired) electrons. The lowest BCUT2D eigenvalue weighted by molar-refractivity contribution is -0.140. The van der Waals surface area contributed by atoms with E-state index in [4.69, 9.17) is 5.11 Å². The van der Waals surface area contributed by atoms with E-state index < -0.39 is 12.0 Å². The van der Waals surface area contributed by atoms with Gasteiger partial charge in [-0.1, -0.05) is 85.0 Å². The Labute approximate surface area is 160 Å². The van der Waals surface area contributed by atoms with Gasteiger partial charge in [-0.2, -0.15) is 0 Å². The van der Waals surface area contributed by atoms with Gasteiger partial charge in [0.1, 0.15) is 6.04 Å². The average molecular weight is 371 g/mol. The third-order valence-electron chi connectivity index (χ3n) is 4.60. The van der Waals surface area contributed by atoms with Crippen LogP contribution in [0, 0.1) is 0 Å². The second kappa shape index (κ2) is 17.3. The van der Waals surface area contributed by atoms with Crippen LogP contribution in [0.3, 0.4) is 0 Å². The Kier molecular flexibility index (Phi) is 16.6. The fourth-order valence-corrected chi connectivity index (χ4v) is 3.07. The normalized spacial score (nSPS) is 12.3. The van der Waals surface area contributed by atoms with Crippen molar-refractivity contribution in [1.82, 2.24) is 10.6 Å². The van der Waals surface area contributed by atoms with E-state index in [0.29, 0.717) is 19.4 Å². The summed E-state index contributed by atoms with van der Waals surface area (Å²) in [6.07, 6.45) is 14.9. The molecule has 0 saturated heterocycles. The van der Waals surface area contributed by atoms with Gasteiger partial charge in [0, 0.05) is 19.0 Å². The fourth-order valence-electron chi connectivity index (χ4n) is 3.07. The molecule has 0 saturated carbocycles. The van der Waals surface area contributed by atoms with Crippen molar-refractivity contribution >= 4 is 11.9 Å². The van der Waals surface area contributed by atoms with Crippen molar-refractivity contribution in [1.29, 1.82) is 0 Å². The Morgan fingerprint density at radius 2 is 1.35 bits per heavy atom. The summed E-state index contributed by atoms with van der Waals surface area (Å²) in [7, 11) is 0. The van der Waals surface area contributed by atoms with Crippen LogP contribution >= 0.6 is 0 Å². The van der Waals surface area contributed by atoms with Gasteiger partial charge in [0.25, 0.3) is 0 Å². The lowest BCUT2D eigenvalue weighted by Crippen LogP contribution is -2.43. The number of carboxylic acid groups (broad SMARTS) is 1. The fraction of sp³-hybridized carbons (Fsp3) is 0.905. The highest BCUT2D eigenvalue weighted by molar-refractivity contribution is 5.76. The minimum absolute atomic E-state index is 0.0367. The van der Waals surface area contributed by atoms with Crippen LogP contribution in [0.4, 0.5) is 0 Å². The van der Waals surface area contributed by atoms with Crippen LogP contribution in [0.1, 0.15) is 104 Å². The number of carbonyl (C=O) groups excluding carboxylic acids is 1. The molecule has 0 aliphatic carbocycles. The SMILES string of the molecule is CCCCCCCCCCCCCC(=O)NCC[C@H](NC(C)C)C(=O)O. The van der Waals surface area contributed by atoms with Crippen LogP contribution in [0.25, 0.3) is 0 Å². The summed E-state index contributed by atoms with van der Waals surface area (Å²) in [6, 6.07) is -0.486. The molecule has 0 heterocycles. The number of aliphatic carboxylic acids is 1. The Hall–Kier alpha value is -1.10. The summed E-state index contributed by atoms with van der Waals surface area (Å²) in [4.78, 5) is 22.9. The van der Waals surface area contributed by atoms with Crippen molar-refractivity contribution in [3.05, 3.63) is 0 Å². The number of nitrogens with one attached hydrogen (secondary N) is 2. The molecule has 0 rings (SSSR count). The molecule has 0 fully saturated rings. The highest BCUT2D eigenvalue weighted by Gasteiger charge is 2.17. The van der Waals surface area contributed by atoms with Gasteiger partial charge in [-0.25, -0.2) is 0 Å². The molecule has 0 bridgehead atoms. The number of hydrogen-bond donors (Lipinski definition) is 3. The van der Waals surface area contributed by atoms with Crippen LogP contribution < -0.4 is 10.6 Å². The minimum Gasteiger partial charge on any atom is -0.480 e. The Balaban J connectivity index is 3.47. The molecule has 0 aliphatic rings. The van der Waals surface area contributed by atoms with Gasteiger partial charge in [-0.3, -0.25) is 9.59 Å². The molecule has 0 aromatic carbocycles. The number of carboxylic acids is 1. The molecule has 5 heteroatoms. The van der Waals surface area contributed by atoms with E-state index in [0.717, 1.165) is 12.8 Å². The number of hydrogen-bond acceptors (Lipinski definition) is 3. The number of amides is 1. The van der Waals surface area contributed by atoms with Crippen LogP contribution in [0.15, 0.2) is 0 Å². The molecular formula is C21H42N2O3. The molecule has 26 heavy (non-hydrogen) atoms. The van der Waals surface area contributed by atoms with Crippen molar-refractivity contribution < 1.29 is 14.7 Å². The maximum atomic E-state index is 11.8. The van der Waals surface area contributed by atoms with Crippen molar-refractivity contribution in [3.8, 4) is 0 Å². The van der Waals surface area contributed by atoms with E-state index >= 15 is 0 Å². The standard InChI is InChI=1S/C21H42N2O3/c1-4-5-6-7-8-9-10-11-12-13-14-15-20(24)22-17-16-19(21(25)26)23-18(2)3/h18-19,23H,4-17H2,1-3H3,(H,22,24)(H,25,26)/t19-/m0/s1. The summed E-state index contributed by atoms with van der Waals surface area (Å²) in [5.41, 5.74) is 0. The van der Waals surface area contributed by atoms with Gasteiger partial charge in [0.15, 0.2) is 0 Å². The smallest absolute Gasteiger partial charge is 0.320 e. The van der Waals surface area contributed by atoms with Gasteiger partial charge in [-0.15, -0.1) is 0 Å². The maximum absolute atomic E-state index is 11.8. The van der Waals surface area contributed by atoms with E-state index in [1.165, 1.54) is 57.8 Å².